The largest absolute Gasteiger partial charge is 0.486 e. The van der Waals surface area contributed by atoms with Crippen LogP contribution in [0.4, 0.5) is 5.69 Å². The number of nitrogens with zero attached hydrogens (tertiary/aromatic N) is 5. The van der Waals surface area contributed by atoms with Crippen LogP contribution in [0.1, 0.15) is 23.2 Å². The lowest BCUT2D eigenvalue weighted by Crippen LogP contribution is -2.35. The van der Waals surface area contributed by atoms with Gasteiger partial charge in [0.1, 0.15) is 12.3 Å². The predicted octanol–water partition coefficient (Wildman–Crippen LogP) is 1.35. The minimum Gasteiger partial charge on any atom is -0.486 e. The highest BCUT2D eigenvalue weighted by atomic mass is 16.5. The quantitative estimate of drug-likeness (QED) is 0.674. The lowest BCUT2D eigenvalue weighted by molar-refractivity contribution is 0.0944. The number of piperidine rings is 1. The summed E-state index contributed by atoms with van der Waals surface area (Å²) >= 11 is 0. The number of nitrogens with one attached hydrogen (secondary N) is 2. The van der Waals surface area contributed by atoms with E-state index in [-0.39, 0.29) is 5.91 Å². The van der Waals surface area contributed by atoms with Gasteiger partial charge in [0.2, 0.25) is 5.65 Å². The third-order valence-corrected chi connectivity index (χ3v) is 5.85. The maximum atomic E-state index is 12.7. The molecule has 3 aromatic rings. The third-order valence-electron chi connectivity index (χ3n) is 5.85. The Hall–Kier alpha value is -3.20. The van der Waals surface area contributed by atoms with E-state index in [1.165, 1.54) is 0 Å². The molecule has 0 atom stereocenters. The summed E-state index contributed by atoms with van der Waals surface area (Å²) in [6.45, 7) is 4.15. The fourth-order valence-electron chi connectivity index (χ4n) is 4.04. The highest BCUT2D eigenvalue weighted by molar-refractivity contribution is 5.95. The van der Waals surface area contributed by atoms with Crippen molar-refractivity contribution in [2.45, 2.75) is 12.8 Å². The summed E-state index contributed by atoms with van der Waals surface area (Å²) in [6.07, 6.45) is 3.96. The number of amides is 1. The first-order chi connectivity index (χ1) is 14.7. The third kappa shape index (κ3) is 3.45. The van der Waals surface area contributed by atoms with Crippen LogP contribution < -0.4 is 20.3 Å². The normalized spacial score (nSPS) is 16.9. The van der Waals surface area contributed by atoms with Gasteiger partial charge in [-0.3, -0.25) is 4.79 Å². The van der Waals surface area contributed by atoms with E-state index >= 15 is 0 Å². The van der Waals surface area contributed by atoms with Gasteiger partial charge < -0.3 is 20.3 Å². The summed E-state index contributed by atoms with van der Waals surface area (Å²) in [7, 11) is 2.00. The van der Waals surface area contributed by atoms with Crippen LogP contribution in [-0.2, 0) is 0 Å². The molecule has 2 aliphatic heterocycles. The smallest absolute Gasteiger partial charge is 0.251 e. The second kappa shape index (κ2) is 7.91. The van der Waals surface area contributed by atoms with Crippen molar-refractivity contribution in [2.75, 3.05) is 44.7 Å². The van der Waals surface area contributed by atoms with Crippen molar-refractivity contribution in [1.29, 1.82) is 0 Å². The van der Waals surface area contributed by atoms with E-state index in [0.717, 1.165) is 43.7 Å². The highest BCUT2D eigenvalue weighted by Crippen LogP contribution is 2.34. The molecule has 5 rings (SSSR count). The SMILES string of the molecule is CN1CCOc2c1cnn1c(-c3cccc(C(=O)NCC4CCNCC4)c3)nnc21. The van der Waals surface area contributed by atoms with Gasteiger partial charge in [0.25, 0.3) is 5.91 Å². The Kier molecular flexibility index (Phi) is 4.96. The number of fused-ring (bicyclic) bond motifs is 3. The molecule has 1 saturated heterocycles. The Labute approximate surface area is 174 Å². The molecule has 0 unspecified atom stereocenters. The summed E-state index contributed by atoms with van der Waals surface area (Å²) in [5.74, 6) is 1.73. The molecule has 2 aromatic heterocycles. The van der Waals surface area contributed by atoms with Crippen molar-refractivity contribution < 1.29 is 9.53 Å². The van der Waals surface area contributed by atoms with Gasteiger partial charge in [-0.25, -0.2) is 0 Å². The molecule has 1 amide bonds. The average Bonchev–Trinajstić information content (AvgIpc) is 3.23. The number of rotatable bonds is 4. The zero-order chi connectivity index (χ0) is 20.5. The zero-order valence-corrected chi connectivity index (χ0v) is 17.0. The molecule has 0 saturated carbocycles. The first-order valence-electron chi connectivity index (χ1n) is 10.4. The molecule has 1 fully saturated rings. The molecule has 156 valence electrons. The number of aromatic nitrogens is 4. The zero-order valence-electron chi connectivity index (χ0n) is 17.0. The van der Waals surface area contributed by atoms with E-state index < -0.39 is 0 Å². The minimum absolute atomic E-state index is 0.0699. The monoisotopic (exact) mass is 407 g/mol. The topological polar surface area (TPSA) is 96.7 Å². The second-order valence-electron chi connectivity index (χ2n) is 7.87. The summed E-state index contributed by atoms with van der Waals surface area (Å²) in [4.78, 5) is 14.8. The Morgan fingerprint density at radius 1 is 1.30 bits per heavy atom. The van der Waals surface area contributed by atoms with Gasteiger partial charge in [-0.2, -0.15) is 9.61 Å². The number of likely N-dealkylation sites (N-methyl/N-ethyl adjacent to an activating group) is 1. The molecular formula is C21H25N7O2. The fraction of sp³-hybridized carbons (Fsp3) is 0.429. The summed E-state index contributed by atoms with van der Waals surface area (Å²) in [5, 5.41) is 19.6. The van der Waals surface area contributed by atoms with Gasteiger partial charge in [-0.1, -0.05) is 12.1 Å². The summed E-state index contributed by atoms with van der Waals surface area (Å²) in [5.41, 5.74) is 2.87. The minimum atomic E-state index is -0.0699. The molecular weight excluding hydrogens is 382 g/mol. The number of hydrogen-bond donors (Lipinski definition) is 2. The molecule has 9 nitrogen and oxygen atoms in total. The lowest BCUT2D eigenvalue weighted by Gasteiger charge is -2.26. The van der Waals surface area contributed by atoms with Gasteiger partial charge >= 0.3 is 0 Å². The molecule has 30 heavy (non-hydrogen) atoms. The Balaban J connectivity index is 1.40. The molecule has 2 aliphatic rings. The van der Waals surface area contributed by atoms with Crippen LogP contribution in [-0.4, -0.2) is 65.6 Å². The van der Waals surface area contributed by atoms with Gasteiger partial charge in [0.15, 0.2) is 11.6 Å². The van der Waals surface area contributed by atoms with Crippen LogP contribution in [0.5, 0.6) is 5.75 Å². The van der Waals surface area contributed by atoms with Crippen molar-refractivity contribution in [3.63, 3.8) is 0 Å². The summed E-state index contributed by atoms with van der Waals surface area (Å²) in [6, 6.07) is 7.42. The van der Waals surface area contributed by atoms with Crippen molar-refractivity contribution in [1.82, 2.24) is 30.4 Å². The number of hydrogen-bond acceptors (Lipinski definition) is 7. The maximum absolute atomic E-state index is 12.7. The van der Waals surface area contributed by atoms with Gasteiger partial charge in [0.05, 0.1) is 12.7 Å². The molecule has 0 bridgehead atoms. The molecule has 0 spiro atoms. The summed E-state index contributed by atoms with van der Waals surface area (Å²) < 4.78 is 7.50. The van der Waals surface area contributed by atoms with Crippen molar-refractivity contribution in [2.24, 2.45) is 5.92 Å². The Bertz CT molecular complexity index is 1070. The van der Waals surface area contributed by atoms with Crippen LogP contribution in [0.3, 0.4) is 0 Å². The van der Waals surface area contributed by atoms with E-state index in [9.17, 15) is 4.79 Å². The van der Waals surface area contributed by atoms with Crippen LogP contribution in [0.25, 0.3) is 17.0 Å². The van der Waals surface area contributed by atoms with Crippen molar-refractivity contribution in [3.8, 4) is 17.1 Å². The molecule has 1 aromatic carbocycles. The molecule has 0 radical (unpaired) electrons. The molecule has 2 N–H and O–H groups in total. The van der Waals surface area contributed by atoms with Crippen molar-refractivity contribution >= 4 is 17.2 Å². The number of anilines is 1. The van der Waals surface area contributed by atoms with Crippen LogP contribution in [0.15, 0.2) is 30.5 Å². The number of carbonyl (C=O) groups excluding carboxylic acids is 1. The van der Waals surface area contributed by atoms with Gasteiger partial charge in [0, 0.05) is 24.7 Å². The highest BCUT2D eigenvalue weighted by Gasteiger charge is 2.23. The van der Waals surface area contributed by atoms with Crippen LogP contribution in [0, 0.1) is 5.92 Å². The Morgan fingerprint density at radius 3 is 3.03 bits per heavy atom. The fourth-order valence-corrected chi connectivity index (χ4v) is 4.04. The van der Waals surface area contributed by atoms with Crippen molar-refractivity contribution in [3.05, 3.63) is 36.0 Å². The molecule has 0 aliphatic carbocycles. The van der Waals surface area contributed by atoms with E-state index in [1.807, 2.05) is 31.3 Å². The number of benzene rings is 1. The van der Waals surface area contributed by atoms with Gasteiger partial charge in [-0.15, -0.1) is 10.2 Å². The average molecular weight is 407 g/mol. The van der Waals surface area contributed by atoms with E-state index in [2.05, 4.69) is 30.8 Å². The molecule has 9 heteroatoms. The number of ether oxygens (including phenoxy) is 1. The van der Waals surface area contributed by atoms with Gasteiger partial charge in [-0.05, 0) is 44.0 Å². The maximum Gasteiger partial charge on any atom is 0.251 e. The first-order valence-corrected chi connectivity index (χ1v) is 10.4. The van der Waals surface area contributed by atoms with Crippen LogP contribution in [0.2, 0.25) is 0 Å². The lowest BCUT2D eigenvalue weighted by atomic mass is 9.98. The first kappa shape index (κ1) is 18.8. The van der Waals surface area contributed by atoms with E-state index in [1.54, 1.807) is 10.7 Å². The van der Waals surface area contributed by atoms with E-state index in [0.29, 0.717) is 41.9 Å². The Morgan fingerprint density at radius 2 is 2.17 bits per heavy atom. The molecule has 4 heterocycles. The van der Waals surface area contributed by atoms with Crippen LogP contribution >= 0.6 is 0 Å². The van der Waals surface area contributed by atoms with E-state index in [4.69, 9.17) is 4.74 Å². The second-order valence-corrected chi connectivity index (χ2v) is 7.87. The predicted molar refractivity (Wildman–Crippen MR) is 113 cm³/mol. The number of carbonyl (C=O) groups is 1. The standard InChI is InChI=1S/C21H25N7O2/c1-27-9-10-30-18-17(27)13-24-28-19(25-26-20(18)28)15-3-2-4-16(11-15)21(29)23-12-14-5-7-22-8-6-14/h2-4,11,13-14,22H,5-10,12H2,1H3,(H,23,29).